The zero-order valence-corrected chi connectivity index (χ0v) is 11.5. The van der Waals surface area contributed by atoms with Crippen molar-refractivity contribution >= 4 is 18.3 Å². The Balaban J connectivity index is 0.00000289. The SMILES string of the molecule is COCCN(Cc1ccccc1)C(=O)CCN.Cl. The molecular weight excluding hydrogens is 252 g/mol. The average molecular weight is 273 g/mol. The molecule has 0 fully saturated rings. The number of amides is 1. The molecule has 0 bridgehead atoms. The third-order valence-electron chi connectivity index (χ3n) is 2.49. The summed E-state index contributed by atoms with van der Waals surface area (Å²) in [6.07, 6.45) is 0.385. The topological polar surface area (TPSA) is 55.6 Å². The summed E-state index contributed by atoms with van der Waals surface area (Å²) in [7, 11) is 1.63. The highest BCUT2D eigenvalue weighted by Gasteiger charge is 2.12. The Hall–Kier alpha value is -1.10. The molecule has 0 spiro atoms. The van der Waals surface area contributed by atoms with Crippen molar-refractivity contribution in [3.8, 4) is 0 Å². The van der Waals surface area contributed by atoms with E-state index in [1.54, 1.807) is 12.0 Å². The van der Waals surface area contributed by atoms with E-state index in [1.165, 1.54) is 0 Å². The van der Waals surface area contributed by atoms with Gasteiger partial charge in [-0.1, -0.05) is 30.3 Å². The summed E-state index contributed by atoms with van der Waals surface area (Å²) in [4.78, 5) is 13.6. The second-order valence-electron chi connectivity index (χ2n) is 3.83. The number of halogens is 1. The Labute approximate surface area is 115 Å². The normalized spacial score (nSPS) is 9.67. The second kappa shape index (κ2) is 9.88. The first-order valence-electron chi connectivity index (χ1n) is 5.78. The lowest BCUT2D eigenvalue weighted by atomic mass is 10.2. The van der Waals surface area contributed by atoms with E-state index < -0.39 is 0 Å². The molecule has 1 amide bonds. The van der Waals surface area contributed by atoms with Crippen molar-refractivity contribution in [1.29, 1.82) is 0 Å². The third kappa shape index (κ3) is 6.00. The molecule has 0 aromatic heterocycles. The summed E-state index contributed by atoms with van der Waals surface area (Å²) in [5.74, 6) is 0.0772. The Morgan fingerprint density at radius 1 is 1.33 bits per heavy atom. The molecule has 2 N–H and O–H groups in total. The van der Waals surface area contributed by atoms with E-state index in [9.17, 15) is 4.79 Å². The van der Waals surface area contributed by atoms with Crippen LogP contribution in [0, 0.1) is 0 Å². The monoisotopic (exact) mass is 272 g/mol. The zero-order valence-electron chi connectivity index (χ0n) is 10.7. The fourth-order valence-electron chi connectivity index (χ4n) is 1.58. The lowest BCUT2D eigenvalue weighted by Crippen LogP contribution is -2.34. The summed E-state index contributed by atoms with van der Waals surface area (Å²) in [6.45, 7) is 2.15. The average Bonchev–Trinajstić information content (AvgIpc) is 2.36. The van der Waals surface area contributed by atoms with E-state index >= 15 is 0 Å². The van der Waals surface area contributed by atoms with E-state index in [4.69, 9.17) is 10.5 Å². The van der Waals surface area contributed by atoms with Crippen LogP contribution in [0.15, 0.2) is 30.3 Å². The maximum atomic E-state index is 11.8. The predicted octanol–water partition coefficient (Wildman–Crippen LogP) is 1.43. The first-order chi connectivity index (χ1) is 8.27. The van der Waals surface area contributed by atoms with E-state index in [0.29, 0.717) is 32.7 Å². The van der Waals surface area contributed by atoms with E-state index in [2.05, 4.69) is 0 Å². The van der Waals surface area contributed by atoms with Gasteiger partial charge in [0.05, 0.1) is 6.61 Å². The molecule has 1 rings (SSSR count). The minimum absolute atomic E-state index is 0. The fourth-order valence-corrected chi connectivity index (χ4v) is 1.58. The molecule has 0 aliphatic carbocycles. The van der Waals surface area contributed by atoms with Gasteiger partial charge >= 0.3 is 0 Å². The molecule has 18 heavy (non-hydrogen) atoms. The van der Waals surface area contributed by atoms with E-state index in [0.717, 1.165) is 5.56 Å². The number of carbonyl (C=O) groups is 1. The van der Waals surface area contributed by atoms with Gasteiger partial charge in [-0.05, 0) is 5.56 Å². The lowest BCUT2D eigenvalue weighted by molar-refractivity contribution is -0.132. The van der Waals surface area contributed by atoms with Crippen LogP contribution in [0.1, 0.15) is 12.0 Å². The van der Waals surface area contributed by atoms with Gasteiger partial charge < -0.3 is 15.4 Å². The molecule has 0 saturated heterocycles. The number of nitrogens with two attached hydrogens (primary N) is 1. The fraction of sp³-hybridized carbons (Fsp3) is 0.462. The van der Waals surface area contributed by atoms with Gasteiger partial charge in [0.2, 0.25) is 5.91 Å². The molecule has 1 aromatic rings. The molecular formula is C13H21ClN2O2. The number of methoxy groups -OCH3 is 1. The molecule has 0 unspecified atom stereocenters. The van der Waals surface area contributed by atoms with Gasteiger partial charge in [0.1, 0.15) is 0 Å². The largest absolute Gasteiger partial charge is 0.383 e. The summed E-state index contributed by atoms with van der Waals surface area (Å²) in [5.41, 5.74) is 6.53. The maximum Gasteiger partial charge on any atom is 0.224 e. The van der Waals surface area contributed by atoms with Crippen LogP contribution in [0.3, 0.4) is 0 Å². The first-order valence-corrected chi connectivity index (χ1v) is 5.78. The Morgan fingerprint density at radius 2 is 2.00 bits per heavy atom. The molecule has 0 atom stereocenters. The smallest absolute Gasteiger partial charge is 0.224 e. The van der Waals surface area contributed by atoms with Gasteiger partial charge in [0, 0.05) is 33.2 Å². The second-order valence-corrected chi connectivity index (χ2v) is 3.83. The van der Waals surface area contributed by atoms with Crippen LogP contribution in [0.5, 0.6) is 0 Å². The molecule has 0 aliphatic rings. The number of benzene rings is 1. The maximum absolute atomic E-state index is 11.8. The van der Waals surface area contributed by atoms with Crippen molar-refractivity contribution in [3.63, 3.8) is 0 Å². The molecule has 4 nitrogen and oxygen atoms in total. The number of carbonyl (C=O) groups excluding carboxylic acids is 1. The van der Waals surface area contributed by atoms with Gasteiger partial charge in [0.25, 0.3) is 0 Å². The molecule has 1 aromatic carbocycles. The van der Waals surface area contributed by atoms with Crippen molar-refractivity contribution in [2.24, 2.45) is 5.73 Å². The molecule has 0 heterocycles. The zero-order chi connectivity index (χ0) is 12.5. The van der Waals surface area contributed by atoms with Crippen LogP contribution >= 0.6 is 12.4 Å². The quantitative estimate of drug-likeness (QED) is 0.817. The molecule has 0 aliphatic heterocycles. The standard InChI is InChI=1S/C13H20N2O2.ClH/c1-17-10-9-15(13(16)7-8-14)11-12-5-3-2-4-6-12;/h2-6H,7-11,14H2,1H3;1H. The van der Waals surface area contributed by atoms with Gasteiger partial charge in [-0.3, -0.25) is 4.79 Å². The van der Waals surface area contributed by atoms with Crippen LogP contribution in [-0.2, 0) is 16.1 Å². The Morgan fingerprint density at radius 3 is 2.56 bits per heavy atom. The summed E-state index contributed by atoms with van der Waals surface area (Å²) in [6, 6.07) is 9.92. The Bertz CT molecular complexity index is 333. The van der Waals surface area contributed by atoms with Crippen LogP contribution in [-0.4, -0.2) is 37.6 Å². The van der Waals surface area contributed by atoms with Crippen LogP contribution in [0.25, 0.3) is 0 Å². The van der Waals surface area contributed by atoms with E-state index in [-0.39, 0.29) is 18.3 Å². The highest BCUT2D eigenvalue weighted by Crippen LogP contribution is 2.05. The van der Waals surface area contributed by atoms with Crippen molar-refractivity contribution in [2.45, 2.75) is 13.0 Å². The summed E-state index contributed by atoms with van der Waals surface area (Å²) < 4.78 is 5.01. The minimum Gasteiger partial charge on any atom is -0.383 e. The van der Waals surface area contributed by atoms with E-state index in [1.807, 2.05) is 30.3 Å². The van der Waals surface area contributed by atoms with Crippen molar-refractivity contribution < 1.29 is 9.53 Å². The van der Waals surface area contributed by atoms with Gasteiger partial charge in [-0.15, -0.1) is 12.4 Å². The highest BCUT2D eigenvalue weighted by atomic mass is 35.5. The molecule has 0 radical (unpaired) electrons. The van der Waals surface area contributed by atoms with Crippen molar-refractivity contribution in [1.82, 2.24) is 4.90 Å². The minimum atomic E-state index is 0. The highest BCUT2D eigenvalue weighted by molar-refractivity contribution is 5.85. The first kappa shape index (κ1) is 16.9. The predicted molar refractivity (Wildman–Crippen MR) is 74.7 cm³/mol. The van der Waals surface area contributed by atoms with Gasteiger partial charge in [0.15, 0.2) is 0 Å². The summed E-state index contributed by atoms with van der Waals surface area (Å²) in [5, 5.41) is 0. The van der Waals surface area contributed by atoms with Crippen LogP contribution in [0.2, 0.25) is 0 Å². The van der Waals surface area contributed by atoms with Crippen LogP contribution in [0.4, 0.5) is 0 Å². The molecule has 0 saturated carbocycles. The molecule has 102 valence electrons. The van der Waals surface area contributed by atoms with Crippen LogP contribution < -0.4 is 5.73 Å². The number of hydrogen-bond donors (Lipinski definition) is 1. The van der Waals surface area contributed by atoms with Crippen molar-refractivity contribution in [2.75, 3.05) is 26.8 Å². The summed E-state index contributed by atoms with van der Waals surface area (Å²) >= 11 is 0. The number of ether oxygens (including phenoxy) is 1. The third-order valence-corrected chi connectivity index (χ3v) is 2.49. The Kier molecular flexibility index (Phi) is 9.28. The molecule has 5 heteroatoms. The lowest BCUT2D eigenvalue weighted by Gasteiger charge is -2.22. The number of rotatable bonds is 7. The number of nitrogens with zero attached hydrogens (tertiary/aromatic N) is 1. The van der Waals surface area contributed by atoms with Gasteiger partial charge in [-0.25, -0.2) is 0 Å². The number of hydrogen-bond acceptors (Lipinski definition) is 3. The van der Waals surface area contributed by atoms with Crippen molar-refractivity contribution in [3.05, 3.63) is 35.9 Å². The van der Waals surface area contributed by atoms with Gasteiger partial charge in [-0.2, -0.15) is 0 Å².